The van der Waals surface area contributed by atoms with E-state index in [0.29, 0.717) is 5.58 Å². The maximum atomic E-state index is 12.5. The molecular weight excluding hydrogens is 434 g/mol. The van der Waals surface area contributed by atoms with Gasteiger partial charge in [0.15, 0.2) is 5.76 Å². The van der Waals surface area contributed by atoms with Crippen molar-refractivity contribution in [3.63, 3.8) is 0 Å². The van der Waals surface area contributed by atoms with Gasteiger partial charge in [0.2, 0.25) is 0 Å². The van der Waals surface area contributed by atoms with E-state index in [9.17, 15) is 4.79 Å². The summed E-state index contributed by atoms with van der Waals surface area (Å²) < 4.78 is 7.42. The average molecular weight is 451 g/mol. The second-order valence-corrected chi connectivity index (χ2v) is 8.46. The summed E-state index contributed by atoms with van der Waals surface area (Å²) in [7, 11) is 0. The quantitative estimate of drug-likeness (QED) is 0.483. The Morgan fingerprint density at radius 1 is 1.04 bits per heavy atom. The fourth-order valence-electron chi connectivity index (χ4n) is 2.39. The Kier molecular flexibility index (Phi) is 4.58. The smallest absolute Gasteiger partial charge is 0.291 e. The van der Waals surface area contributed by atoms with E-state index in [4.69, 9.17) is 4.42 Å². The molecule has 0 fully saturated rings. The van der Waals surface area contributed by atoms with Crippen LogP contribution >= 0.6 is 31.9 Å². The van der Waals surface area contributed by atoms with E-state index in [2.05, 4.69) is 57.9 Å². The van der Waals surface area contributed by atoms with Crippen molar-refractivity contribution in [3.8, 4) is 0 Å². The normalized spacial score (nSPS) is 11.7. The van der Waals surface area contributed by atoms with Crippen LogP contribution in [0.3, 0.4) is 0 Å². The lowest BCUT2D eigenvalue weighted by atomic mass is 9.87. The number of benzene rings is 2. The first-order valence-electron chi connectivity index (χ1n) is 7.54. The van der Waals surface area contributed by atoms with Gasteiger partial charge < -0.3 is 9.73 Å². The van der Waals surface area contributed by atoms with E-state index in [1.807, 2.05) is 36.4 Å². The summed E-state index contributed by atoms with van der Waals surface area (Å²) in [6.07, 6.45) is 0. The van der Waals surface area contributed by atoms with Gasteiger partial charge in [0.25, 0.3) is 5.91 Å². The molecule has 3 aromatic rings. The van der Waals surface area contributed by atoms with Crippen molar-refractivity contribution in [2.75, 3.05) is 5.32 Å². The lowest BCUT2D eigenvalue weighted by molar-refractivity contribution is 0.0998. The molecule has 0 atom stereocenters. The van der Waals surface area contributed by atoms with Crippen LogP contribution in [0, 0.1) is 0 Å². The zero-order valence-corrected chi connectivity index (χ0v) is 16.8. The number of anilines is 1. The molecule has 2 aromatic carbocycles. The molecule has 0 aliphatic rings. The molecule has 24 heavy (non-hydrogen) atoms. The van der Waals surface area contributed by atoms with Crippen LogP contribution in [-0.2, 0) is 5.41 Å². The number of carbonyl (C=O) groups excluding carboxylic acids is 1. The summed E-state index contributed by atoms with van der Waals surface area (Å²) in [5, 5.41) is 3.78. The number of hydrogen-bond acceptors (Lipinski definition) is 2. The Morgan fingerprint density at radius 3 is 2.46 bits per heavy atom. The highest BCUT2D eigenvalue weighted by atomic mass is 79.9. The van der Waals surface area contributed by atoms with Crippen LogP contribution in [0.5, 0.6) is 0 Å². The van der Waals surface area contributed by atoms with E-state index < -0.39 is 0 Å². The third kappa shape index (κ3) is 3.57. The van der Waals surface area contributed by atoms with Crippen molar-refractivity contribution in [1.29, 1.82) is 0 Å². The van der Waals surface area contributed by atoms with E-state index in [1.54, 1.807) is 6.07 Å². The van der Waals surface area contributed by atoms with Crippen LogP contribution in [0.2, 0.25) is 0 Å². The molecule has 0 spiro atoms. The second-order valence-electron chi connectivity index (χ2n) is 6.69. The summed E-state index contributed by atoms with van der Waals surface area (Å²) in [6.45, 7) is 6.46. The summed E-state index contributed by atoms with van der Waals surface area (Å²) >= 11 is 6.95. The topological polar surface area (TPSA) is 42.2 Å². The van der Waals surface area contributed by atoms with Gasteiger partial charge in [-0.2, -0.15) is 0 Å². The van der Waals surface area contributed by atoms with E-state index in [-0.39, 0.29) is 17.1 Å². The van der Waals surface area contributed by atoms with Crippen LogP contribution < -0.4 is 5.32 Å². The molecular formula is C19H17Br2NO2. The van der Waals surface area contributed by atoms with E-state index in [1.165, 1.54) is 5.56 Å². The molecule has 3 nitrogen and oxygen atoms in total. The SMILES string of the molecule is CC(C)(C)c1ccc(NC(=O)c2cc3cc(Br)ccc3o2)c(Br)c1. The molecule has 0 radical (unpaired) electrons. The number of hydrogen-bond donors (Lipinski definition) is 1. The van der Waals surface area contributed by atoms with Crippen LogP contribution in [0.1, 0.15) is 36.9 Å². The third-order valence-electron chi connectivity index (χ3n) is 3.79. The first-order valence-corrected chi connectivity index (χ1v) is 9.13. The fourth-order valence-corrected chi connectivity index (χ4v) is 3.25. The van der Waals surface area contributed by atoms with Crippen molar-refractivity contribution in [2.45, 2.75) is 26.2 Å². The molecule has 124 valence electrons. The van der Waals surface area contributed by atoms with Crippen LogP contribution in [0.25, 0.3) is 11.0 Å². The lowest BCUT2D eigenvalue weighted by Crippen LogP contribution is -2.13. The van der Waals surface area contributed by atoms with Crippen molar-refractivity contribution in [2.24, 2.45) is 0 Å². The van der Waals surface area contributed by atoms with Gasteiger partial charge in [0.05, 0.1) is 5.69 Å². The Labute approximate surface area is 157 Å². The van der Waals surface area contributed by atoms with Crippen LogP contribution in [0.4, 0.5) is 5.69 Å². The molecule has 1 heterocycles. The standard InChI is InChI=1S/C19H17Br2NO2/c1-19(2,3)12-4-6-15(14(21)10-12)22-18(23)17-9-11-8-13(20)5-7-16(11)24-17/h4-10H,1-3H3,(H,22,23). The summed E-state index contributed by atoms with van der Waals surface area (Å²) in [6, 6.07) is 13.3. The Morgan fingerprint density at radius 2 is 1.79 bits per heavy atom. The Balaban J connectivity index is 1.86. The van der Waals surface area contributed by atoms with Gasteiger partial charge >= 0.3 is 0 Å². The predicted molar refractivity (Wildman–Crippen MR) is 105 cm³/mol. The zero-order chi connectivity index (χ0) is 17.5. The zero-order valence-electron chi connectivity index (χ0n) is 13.6. The fraction of sp³-hybridized carbons (Fsp3) is 0.211. The highest BCUT2D eigenvalue weighted by Gasteiger charge is 2.17. The molecule has 0 aliphatic carbocycles. The minimum atomic E-state index is -0.272. The predicted octanol–water partition coefficient (Wildman–Crippen LogP) is 6.51. The maximum Gasteiger partial charge on any atom is 0.291 e. The van der Waals surface area contributed by atoms with Crippen LogP contribution in [-0.4, -0.2) is 5.91 Å². The molecule has 3 rings (SSSR count). The van der Waals surface area contributed by atoms with Gasteiger partial charge in [-0.05, 0) is 63.3 Å². The minimum absolute atomic E-state index is 0.0528. The van der Waals surface area contributed by atoms with Crippen molar-refractivity contribution >= 4 is 54.4 Å². The molecule has 0 unspecified atom stereocenters. The van der Waals surface area contributed by atoms with E-state index in [0.717, 1.165) is 20.0 Å². The van der Waals surface area contributed by atoms with Crippen molar-refractivity contribution in [3.05, 3.63) is 62.7 Å². The molecule has 0 saturated heterocycles. The highest BCUT2D eigenvalue weighted by molar-refractivity contribution is 9.10. The molecule has 1 N–H and O–H groups in total. The van der Waals surface area contributed by atoms with Gasteiger partial charge in [-0.3, -0.25) is 4.79 Å². The number of carbonyl (C=O) groups is 1. The Hall–Kier alpha value is -1.59. The number of nitrogens with one attached hydrogen (secondary N) is 1. The third-order valence-corrected chi connectivity index (χ3v) is 4.93. The van der Waals surface area contributed by atoms with E-state index >= 15 is 0 Å². The molecule has 1 aromatic heterocycles. The average Bonchev–Trinajstić information content (AvgIpc) is 2.91. The lowest BCUT2D eigenvalue weighted by Gasteiger charge is -2.20. The number of fused-ring (bicyclic) bond motifs is 1. The number of amides is 1. The van der Waals surface area contributed by atoms with Gasteiger partial charge in [-0.25, -0.2) is 0 Å². The second kappa shape index (κ2) is 6.37. The first kappa shape index (κ1) is 17.2. The molecule has 5 heteroatoms. The first-order chi connectivity index (χ1) is 11.2. The number of halogens is 2. The molecule has 1 amide bonds. The van der Waals surface area contributed by atoms with Gasteiger partial charge in [0.1, 0.15) is 5.58 Å². The Bertz CT molecular complexity index is 923. The summed E-state index contributed by atoms with van der Waals surface area (Å²) in [5.74, 6) is 0.0152. The number of rotatable bonds is 2. The van der Waals surface area contributed by atoms with Crippen molar-refractivity contribution < 1.29 is 9.21 Å². The number of furan rings is 1. The summed E-state index contributed by atoms with van der Waals surface area (Å²) in [4.78, 5) is 12.5. The molecule has 0 saturated carbocycles. The summed E-state index contributed by atoms with van der Waals surface area (Å²) in [5.41, 5.74) is 2.65. The highest BCUT2D eigenvalue weighted by Crippen LogP contribution is 2.31. The van der Waals surface area contributed by atoms with Crippen molar-refractivity contribution in [1.82, 2.24) is 0 Å². The molecule has 0 bridgehead atoms. The maximum absolute atomic E-state index is 12.5. The van der Waals surface area contributed by atoms with Gasteiger partial charge in [-0.15, -0.1) is 0 Å². The van der Waals surface area contributed by atoms with Gasteiger partial charge in [0, 0.05) is 14.3 Å². The minimum Gasteiger partial charge on any atom is -0.451 e. The van der Waals surface area contributed by atoms with Crippen LogP contribution in [0.15, 0.2) is 55.8 Å². The largest absolute Gasteiger partial charge is 0.451 e. The molecule has 0 aliphatic heterocycles. The monoisotopic (exact) mass is 449 g/mol. The van der Waals surface area contributed by atoms with Gasteiger partial charge in [-0.1, -0.05) is 42.8 Å².